The molecule has 2 aromatic rings. The molecule has 168 valence electrons. The lowest BCUT2D eigenvalue weighted by Crippen LogP contribution is -2.17. The van der Waals surface area contributed by atoms with E-state index >= 15 is 0 Å². The first kappa shape index (κ1) is 23.4. The molecule has 5 atom stereocenters. The maximum absolute atomic E-state index is 11.8. The predicted octanol–water partition coefficient (Wildman–Crippen LogP) is 0.675. The summed E-state index contributed by atoms with van der Waals surface area (Å²) in [4.78, 5) is 47.8. The van der Waals surface area contributed by atoms with E-state index in [1.165, 1.54) is 12.7 Å². The Morgan fingerprint density at radius 3 is 2.53 bits per heavy atom. The van der Waals surface area contributed by atoms with Crippen LogP contribution in [-0.4, -0.2) is 51.8 Å². The summed E-state index contributed by atoms with van der Waals surface area (Å²) in [7, 11) is -16.2. The number of anilines is 1. The van der Waals surface area contributed by atoms with Gasteiger partial charge in [0.1, 0.15) is 18.1 Å². The lowest BCUT2D eigenvalue weighted by molar-refractivity contribution is -0.0290. The molecule has 0 bridgehead atoms. The molecule has 3 heterocycles. The van der Waals surface area contributed by atoms with Crippen LogP contribution in [0, 0.1) is 5.92 Å². The molecule has 0 radical (unpaired) electrons. The maximum atomic E-state index is 11.8. The number of hydrogen-bond acceptors (Lipinski definition) is 11. The molecule has 1 aliphatic rings. The Labute approximate surface area is 168 Å². The van der Waals surface area contributed by atoms with Gasteiger partial charge in [-0.05, 0) is 6.42 Å². The van der Waals surface area contributed by atoms with Crippen LogP contribution in [0.4, 0.5) is 5.82 Å². The van der Waals surface area contributed by atoms with E-state index in [0.717, 1.165) is 0 Å². The number of phosphoric acid groups is 3. The third-order valence-electron chi connectivity index (χ3n) is 3.95. The molecule has 0 aliphatic carbocycles. The van der Waals surface area contributed by atoms with Gasteiger partial charge in [0.15, 0.2) is 11.5 Å². The van der Waals surface area contributed by atoms with Crippen LogP contribution in [-0.2, 0) is 31.6 Å². The number of ether oxygens (including phenoxy) is 1. The number of nitrogen functional groups attached to an aromatic ring is 1. The first-order valence-corrected chi connectivity index (χ1v) is 12.7. The zero-order valence-corrected chi connectivity index (χ0v) is 17.8. The van der Waals surface area contributed by atoms with E-state index in [1.807, 2.05) is 6.92 Å². The van der Waals surface area contributed by atoms with E-state index in [9.17, 15) is 18.6 Å². The van der Waals surface area contributed by atoms with Crippen LogP contribution in [0.3, 0.4) is 0 Å². The summed E-state index contributed by atoms with van der Waals surface area (Å²) in [6.45, 7) is 1.31. The molecule has 16 nitrogen and oxygen atoms in total. The largest absolute Gasteiger partial charge is 0.490 e. The first-order chi connectivity index (χ1) is 13.8. The van der Waals surface area contributed by atoms with E-state index in [2.05, 4.69) is 28.1 Å². The van der Waals surface area contributed by atoms with E-state index in [0.29, 0.717) is 17.6 Å². The lowest BCUT2D eigenvalue weighted by atomic mass is 10.1. The van der Waals surface area contributed by atoms with Gasteiger partial charge in [0, 0.05) is 5.92 Å². The normalized spacial score (nSPS) is 26.5. The summed E-state index contributed by atoms with van der Waals surface area (Å²) in [5.41, 5.74) is 6.56. The minimum atomic E-state index is -5.57. The third kappa shape index (κ3) is 5.69. The SMILES string of the molecule is C[C@H]1C[C@@H](COP(=O)(O)OP(=O)(O)OP(=O)(O)O)O[C@H]1n1cnc2c(N)ncnc21. The molecule has 0 saturated carbocycles. The van der Waals surface area contributed by atoms with Crippen molar-refractivity contribution in [1.29, 1.82) is 0 Å². The number of phosphoric ester groups is 1. The van der Waals surface area contributed by atoms with Gasteiger partial charge >= 0.3 is 23.5 Å². The second-order valence-corrected chi connectivity index (χ2v) is 10.8. The van der Waals surface area contributed by atoms with Crippen molar-refractivity contribution in [1.82, 2.24) is 19.5 Å². The Hall–Kier alpha value is -1.28. The third-order valence-corrected chi connectivity index (χ3v) is 7.76. The van der Waals surface area contributed by atoms with Crippen molar-refractivity contribution in [3.63, 3.8) is 0 Å². The van der Waals surface area contributed by atoms with Crippen molar-refractivity contribution in [2.24, 2.45) is 5.92 Å². The van der Waals surface area contributed by atoms with Crippen molar-refractivity contribution in [3.05, 3.63) is 12.7 Å². The summed E-state index contributed by atoms with van der Waals surface area (Å²) < 4.78 is 53.1. The van der Waals surface area contributed by atoms with Gasteiger partial charge in [0.2, 0.25) is 0 Å². The highest BCUT2D eigenvalue weighted by molar-refractivity contribution is 7.66. The van der Waals surface area contributed by atoms with E-state index in [1.54, 1.807) is 4.57 Å². The zero-order valence-electron chi connectivity index (χ0n) is 15.2. The van der Waals surface area contributed by atoms with E-state index < -0.39 is 42.4 Å². The van der Waals surface area contributed by atoms with Crippen molar-refractivity contribution >= 4 is 40.4 Å². The number of fused-ring (bicyclic) bond motifs is 1. The number of rotatable bonds is 8. The molecule has 0 spiro atoms. The smallest absolute Gasteiger partial charge is 0.382 e. The number of nitrogens with zero attached hydrogens (tertiary/aromatic N) is 4. The summed E-state index contributed by atoms with van der Waals surface area (Å²) in [6, 6.07) is 0. The number of imidazole rings is 1. The average molecular weight is 489 g/mol. The quantitative estimate of drug-likeness (QED) is 0.320. The predicted molar refractivity (Wildman–Crippen MR) is 97.2 cm³/mol. The molecular formula is C11H18N5O11P3. The molecule has 30 heavy (non-hydrogen) atoms. The van der Waals surface area contributed by atoms with Crippen molar-refractivity contribution in [2.45, 2.75) is 25.7 Å². The molecule has 2 aromatic heterocycles. The summed E-state index contributed by atoms with van der Waals surface area (Å²) >= 11 is 0. The molecule has 6 N–H and O–H groups in total. The van der Waals surface area contributed by atoms with Gasteiger partial charge < -0.3 is 30.0 Å². The van der Waals surface area contributed by atoms with Crippen LogP contribution in [0.25, 0.3) is 11.2 Å². The van der Waals surface area contributed by atoms with Gasteiger partial charge in [-0.15, -0.1) is 0 Å². The van der Waals surface area contributed by atoms with Gasteiger partial charge in [-0.2, -0.15) is 8.62 Å². The Morgan fingerprint density at radius 2 is 1.87 bits per heavy atom. The standard InChI is InChI=1S/C11H18N5O11P3/c1-6-2-7(3-24-29(20,21)27-30(22,23)26-28(17,18)19)25-11(6)16-5-15-8-9(12)13-4-14-10(8)16/h4-7,11H,2-3H2,1H3,(H,20,21)(H,22,23)(H2,12,13,14)(H2,17,18,19)/t6-,7-,11+/m0/s1. The summed E-state index contributed by atoms with van der Waals surface area (Å²) in [5, 5.41) is 0. The summed E-state index contributed by atoms with van der Waals surface area (Å²) in [5.74, 6) is 0.0710. The van der Waals surface area contributed by atoms with E-state index in [4.69, 9.17) is 25.2 Å². The fourth-order valence-corrected chi connectivity index (χ4v) is 5.95. The Morgan fingerprint density at radius 1 is 1.17 bits per heavy atom. The minimum Gasteiger partial charge on any atom is -0.382 e. The van der Waals surface area contributed by atoms with Crippen LogP contribution in [0.15, 0.2) is 12.7 Å². The topological polar surface area (TPSA) is 239 Å². The van der Waals surface area contributed by atoms with Crippen LogP contribution >= 0.6 is 23.5 Å². The zero-order chi connectivity index (χ0) is 22.3. The highest BCUT2D eigenvalue weighted by Gasteiger charge is 2.42. The monoisotopic (exact) mass is 489 g/mol. The molecule has 3 rings (SSSR count). The highest BCUT2D eigenvalue weighted by atomic mass is 31.3. The van der Waals surface area contributed by atoms with Crippen LogP contribution < -0.4 is 5.73 Å². The minimum absolute atomic E-state index is 0.117. The van der Waals surface area contributed by atoms with Crippen molar-refractivity contribution < 1.29 is 51.2 Å². The molecule has 2 unspecified atom stereocenters. The van der Waals surface area contributed by atoms with E-state index in [-0.39, 0.29) is 11.7 Å². The Bertz CT molecular complexity index is 1070. The number of hydrogen-bond donors (Lipinski definition) is 5. The fourth-order valence-electron chi connectivity index (χ4n) is 2.90. The second kappa shape index (κ2) is 8.34. The van der Waals surface area contributed by atoms with Gasteiger partial charge in [-0.3, -0.25) is 9.09 Å². The molecule has 1 fully saturated rings. The maximum Gasteiger partial charge on any atom is 0.490 e. The molecule has 0 aromatic carbocycles. The van der Waals surface area contributed by atoms with Crippen molar-refractivity contribution in [3.8, 4) is 0 Å². The second-order valence-electron chi connectivity index (χ2n) is 6.33. The van der Waals surface area contributed by atoms with Crippen LogP contribution in [0.5, 0.6) is 0 Å². The summed E-state index contributed by atoms with van der Waals surface area (Å²) in [6.07, 6.45) is 1.79. The molecule has 1 aliphatic heterocycles. The van der Waals surface area contributed by atoms with Crippen molar-refractivity contribution in [2.75, 3.05) is 12.3 Å². The first-order valence-electron chi connectivity index (χ1n) is 8.13. The molecule has 0 amide bonds. The Kier molecular flexibility index (Phi) is 6.50. The Balaban J connectivity index is 1.63. The van der Waals surface area contributed by atoms with Gasteiger partial charge in [0.05, 0.1) is 19.0 Å². The fraction of sp³-hybridized carbons (Fsp3) is 0.545. The average Bonchev–Trinajstić information content (AvgIpc) is 3.13. The van der Waals surface area contributed by atoms with Crippen LogP contribution in [0.1, 0.15) is 19.6 Å². The molecular weight excluding hydrogens is 471 g/mol. The highest BCUT2D eigenvalue weighted by Crippen LogP contribution is 2.66. The number of aromatic nitrogens is 4. The van der Waals surface area contributed by atoms with Gasteiger partial charge in [0.25, 0.3) is 0 Å². The molecule has 19 heteroatoms. The lowest BCUT2D eigenvalue weighted by Gasteiger charge is -2.19. The van der Waals surface area contributed by atoms with Gasteiger partial charge in [-0.25, -0.2) is 28.6 Å². The number of nitrogens with two attached hydrogens (primary N) is 1. The van der Waals surface area contributed by atoms with Gasteiger partial charge in [-0.1, -0.05) is 6.92 Å². The van der Waals surface area contributed by atoms with Crippen LogP contribution in [0.2, 0.25) is 0 Å². The molecule has 1 saturated heterocycles.